The minimum atomic E-state index is 0.929. The highest BCUT2D eigenvalue weighted by Gasteiger charge is 2.25. The maximum atomic E-state index is 2.39. The molecule has 1 heterocycles. The second-order valence-corrected chi connectivity index (χ2v) is 5.03. The Hall–Kier alpha value is -1.81. The number of hydrogen-bond donors (Lipinski definition) is 0. The summed E-state index contributed by atoms with van der Waals surface area (Å²) in [5, 5.41) is 0. The van der Waals surface area contributed by atoms with Gasteiger partial charge in [-0.3, -0.25) is 0 Å². The Balaban J connectivity index is 1.82. The third kappa shape index (κ3) is 2.79. The summed E-state index contributed by atoms with van der Waals surface area (Å²) >= 11 is 0. The highest BCUT2D eigenvalue weighted by Crippen LogP contribution is 2.18. The molecule has 1 aliphatic rings. The highest BCUT2D eigenvalue weighted by atomic mass is 15.3. The van der Waals surface area contributed by atoms with Gasteiger partial charge in [0.05, 0.1) is 0 Å². The number of para-hydroxylation sites is 2. The highest BCUT2D eigenvalue weighted by molar-refractivity contribution is 6.80. The van der Waals surface area contributed by atoms with Crippen molar-refractivity contribution >= 4 is 34.0 Å². The summed E-state index contributed by atoms with van der Waals surface area (Å²) in [5.41, 5.74) is 2.55. The first-order chi connectivity index (χ1) is 9.33. The summed E-state index contributed by atoms with van der Waals surface area (Å²) in [6, 6.07) is 21.2. The Morgan fingerprint density at radius 2 is 1.05 bits per heavy atom. The standard InChI is InChI=1S/C13H16B3N3/c1-17-14-18(12-8-4-2-5-9-12)16-19(15-17)13-10-6-3-7-11-13/h2-11,14-16H,1H3. The van der Waals surface area contributed by atoms with Crippen LogP contribution in [-0.2, 0) is 0 Å². The van der Waals surface area contributed by atoms with Gasteiger partial charge in [0, 0.05) is 11.4 Å². The van der Waals surface area contributed by atoms with Crippen molar-refractivity contribution < 1.29 is 0 Å². The van der Waals surface area contributed by atoms with E-state index in [-0.39, 0.29) is 0 Å². The van der Waals surface area contributed by atoms with E-state index in [1.54, 1.807) is 0 Å². The lowest BCUT2D eigenvalue weighted by Gasteiger charge is -2.41. The Morgan fingerprint density at radius 1 is 0.632 bits per heavy atom. The minimum Gasteiger partial charge on any atom is -0.436 e. The van der Waals surface area contributed by atoms with E-state index in [0.29, 0.717) is 0 Å². The molecule has 1 aliphatic heterocycles. The maximum absolute atomic E-state index is 2.39. The van der Waals surface area contributed by atoms with Gasteiger partial charge < -0.3 is 14.2 Å². The van der Waals surface area contributed by atoms with Crippen LogP contribution in [0.1, 0.15) is 0 Å². The summed E-state index contributed by atoms with van der Waals surface area (Å²) in [4.78, 5) is 0. The van der Waals surface area contributed by atoms with Crippen molar-refractivity contribution in [2.45, 2.75) is 0 Å². The molecule has 0 atom stereocenters. The van der Waals surface area contributed by atoms with Crippen molar-refractivity contribution in [2.24, 2.45) is 0 Å². The van der Waals surface area contributed by atoms with Gasteiger partial charge in [-0.2, -0.15) is 0 Å². The Labute approximate surface area is 116 Å². The van der Waals surface area contributed by atoms with E-state index < -0.39 is 0 Å². The molecule has 0 saturated carbocycles. The molecule has 0 unspecified atom stereocenters. The first-order valence-corrected chi connectivity index (χ1v) is 6.61. The molecule has 2 aromatic carbocycles. The SMILES string of the molecule is CN1BN(c2ccccc2)BN(c2ccccc2)B1. The van der Waals surface area contributed by atoms with Gasteiger partial charge in [0.25, 0.3) is 0 Å². The Morgan fingerprint density at radius 3 is 1.47 bits per heavy atom. The lowest BCUT2D eigenvalue weighted by molar-refractivity contribution is 0.831. The van der Waals surface area contributed by atoms with Crippen LogP contribution in [0.4, 0.5) is 11.4 Å². The summed E-state index contributed by atoms with van der Waals surface area (Å²) in [6.45, 7) is 0. The molecule has 0 radical (unpaired) electrons. The van der Waals surface area contributed by atoms with Crippen LogP contribution in [-0.4, -0.2) is 34.4 Å². The summed E-state index contributed by atoms with van der Waals surface area (Å²) in [5.74, 6) is 0. The monoisotopic (exact) mass is 247 g/mol. The van der Waals surface area contributed by atoms with Crippen LogP contribution in [0.3, 0.4) is 0 Å². The summed E-state index contributed by atoms with van der Waals surface area (Å²) < 4.78 is 7.09. The second kappa shape index (κ2) is 5.45. The van der Waals surface area contributed by atoms with Crippen LogP contribution in [0, 0.1) is 0 Å². The molecule has 0 spiro atoms. The number of nitrogens with zero attached hydrogens (tertiary/aromatic N) is 3. The van der Waals surface area contributed by atoms with Gasteiger partial charge >= 0.3 is 22.6 Å². The molecule has 0 amide bonds. The van der Waals surface area contributed by atoms with Crippen molar-refractivity contribution in [1.82, 2.24) is 4.72 Å². The van der Waals surface area contributed by atoms with E-state index in [2.05, 4.69) is 81.9 Å². The smallest absolute Gasteiger partial charge is 0.332 e. The Kier molecular flexibility index (Phi) is 3.51. The van der Waals surface area contributed by atoms with Crippen LogP contribution in [0.25, 0.3) is 0 Å². The second-order valence-electron chi connectivity index (χ2n) is 5.03. The average molecular weight is 247 g/mol. The number of anilines is 2. The molecule has 19 heavy (non-hydrogen) atoms. The van der Waals surface area contributed by atoms with Gasteiger partial charge in [-0.1, -0.05) is 36.4 Å². The number of benzene rings is 2. The number of hydrogen-bond acceptors (Lipinski definition) is 3. The molecular formula is C13H16B3N3. The molecule has 3 rings (SSSR count). The molecule has 2 aromatic rings. The van der Waals surface area contributed by atoms with Gasteiger partial charge in [-0.15, -0.1) is 0 Å². The van der Waals surface area contributed by atoms with E-state index >= 15 is 0 Å². The van der Waals surface area contributed by atoms with Crippen LogP contribution < -0.4 is 9.44 Å². The molecule has 6 heteroatoms. The lowest BCUT2D eigenvalue weighted by Crippen LogP contribution is -2.60. The lowest BCUT2D eigenvalue weighted by atomic mass is 9.73. The molecule has 0 aliphatic carbocycles. The zero-order valence-corrected chi connectivity index (χ0v) is 11.2. The van der Waals surface area contributed by atoms with Gasteiger partial charge in [-0.25, -0.2) is 0 Å². The largest absolute Gasteiger partial charge is 0.436 e. The molecule has 0 aromatic heterocycles. The van der Waals surface area contributed by atoms with Crippen molar-refractivity contribution in [3.05, 3.63) is 60.7 Å². The zero-order valence-electron chi connectivity index (χ0n) is 11.2. The maximum Gasteiger partial charge on any atom is 0.332 e. The van der Waals surface area contributed by atoms with Crippen molar-refractivity contribution in [2.75, 3.05) is 16.5 Å². The molecule has 1 fully saturated rings. The molecule has 3 nitrogen and oxygen atoms in total. The molecule has 0 N–H and O–H groups in total. The van der Waals surface area contributed by atoms with Gasteiger partial charge in [0.2, 0.25) is 0 Å². The van der Waals surface area contributed by atoms with Crippen LogP contribution in [0.5, 0.6) is 0 Å². The van der Waals surface area contributed by atoms with Gasteiger partial charge in [-0.05, 0) is 31.3 Å². The molecule has 0 bridgehead atoms. The predicted molar refractivity (Wildman–Crippen MR) is 87.1 cm³/mol. The summed E-state index contributed by atoms with van der Waals surface area (Å²) in [7, 11) is 5.02. The van der Waals surface area contributed by atoms with E-state index in [0.717, 1.165) is 22.6 Å². The first kappa shape index (κ1) is 12.2. The first-order valence-electron chi connectivity index (χ1n) is 6.61. The quantitative estimate of drug-likeness (QED) is 0.724. The average Bonchev–Trinajstić information content (AvgIpc) is 2.48. The third-order valence-electron chi connectivity index (χ3n) is 3.41. The van der Waals surface area contributed by atoms with Crippen molar-refractivity contribution in [1.29, 1.82) is 0 Å². The fraction of sp³-hybridized carbons (Fsp3) is 0.0769. The fourth-order valence-corrected chi connectivity index (χ4v) is 2.53. The third-order valence-corrected chi connectivity index (χ3v) is 3.41. The van der Waals surface area contributed by atoms with Gasteiger partial charge in [0.15, 0.2) is 0 Å². The van der Waals surface area contributed by atoms with E-state index in [1.165, 1.54) is 11.4 Å². The minimum absolute atomic E-state index is 0.929. The van der Waals surface area contributed by atoms with E-state index in [4.69, 9.17) is 0 Å². The Bertz CT molecular complexity index is 476. The summed E-state index contributed by atoms with van der Waals surface area (Å²) in [6.07, 6.45) is 0. The molecule has 92 valence electrons. The fourth-order valence-electron chi connectivity index (χ4n) is 2.53. The van der Waals surface area contributed by atoms with Gasteiger partial charge in [0.1, 0.15) is 0 Å². The number of rotatable bonds is 2. The van der Waals surface area contributed by atoms with Crippen LogP contribution >= 0.6 is 0 Å². The predicted octanol–water partition coefficient (Wildman–Crippen LogP) is 0.744. The molecule has 1 saturated heterocycles. The van der Waals surface area contributed by atoms with Crippen molar-refractivity contribution in [3.8, 4) is 0 Å². The van der Waals surface area contributed by atoms with E-state index in [1.807, 2.05) is 0 Å². The van der Waals surface area contributed by atoms with Crippen molar-refractivity contribution in [3.63, 3.8) is 0 Å². The van der Waals surface area contributed by atoms with E-state index in [9.17, 15) is 0 Å². The normalized spacial score (nSPS) is 15.4. The zero-order chi connectivity index (χ0) is 13.1. The molecular weight excluding hydrogens is 231 g/mol. The van der Waals surface area contributed by atoms with Crippen LogP contribution in [0.15, 0.2) is 60.7 Å². The topological polar surface area (TPSA) is 9.72 Å². The van der Waals surface area contributed by atoms with Crippen LogP contribution in [0.2, 0.25) is 0 Å².